The summed E-state index contributed by atoms with van der Waals surface area (Å²) in [5.74, 6) is 1.74. The Morgan fingerprint density at radius 1 is 1.10 bits per heavy atom. The van der Waals surface area contributed by atoms with Gasteiger partial charge in [0, 0.05) is 6.07 Å². The highest BCUT2D eigenvalue weighted by molar-refractivity contribution is 7.05. The van der Waals surface area contributed by atoms with Gasteiger partial charge < -0.3 is 15.2 Å². The molecule has 0 aliphatic rings. The summed E-state index contributed by atoms with van der Waals surface area (Å²) in [7, 11) is 3.25. The molecule has 2 rings (SSSR count). The first-order valence-corrected chi connectivity index (χ1v) is 7.14. The van der Waals surface area contributed by atoms with E-state index in [1.54, 1.807) is 14.2 Å². The molecule has 0 aliphatic heterocycles. The summed E-state index contributed by atoms with van der Waals surface area (Å²) in [5.41, 5.74) is 8.24. The van der Waals surface area contributed by atoms with Crippen LogP contribution in [0.2, 0.25) is 0 Å². The van der Waals surface area contributed by atoms with Crippen molar-refractivity contribution in [1.82, 2.24) is 9.59 Å². The Morgan fingerprint density at radius 2 is 1.70 bits per heavy atom. The van der Waals surface area contributed by atoms with Gasteiger partial charge in [0.15, 0.2) is 0 Å². The standard InChI is InChI=1S/C14H19N3O2S/c1-8(2)13-14(20-17-16-13)12(15)9-5-10(18-3)7-11(6-9)19-4/h5-8,12H,15H2,1-4H3. The molecule has 0 spiro atoms. The van der Waals surface area contributed by atoms with Crippen LogP contribution < -0.4 is 15.2 Å². The molecule has 0 radical (unpaired) electrons. The van der Waals surface area contributed by atoms with Gasteiger partial charge in [-0.1, -0.05) is 18.3 Å². The molecule has 2 aromatic rings. The van der Waals surface area contributed by atoms with Gasteiger partial charge in [0.2, 0.25) is 0 Å². The van der Waals surface area contributed by atoms with E-state index in [9.17, 15) is 0 Å². The second-order valence-electron chi connectivity index (χ2n) is 4.80. The fourth-order valence-corrected chi connectivity index (χ4v) is 2.82. The molecule has 1 aromatic carbocycles. The van der Waals surface area contributed by atoms with E-state index in [4.69, 9.17) is 15.2 Å². The van der Waals surface area contributed by atoms with Gasteiger partial charge >= 0.3 is 0 Å². The van der Waals surface area contributed by atoms with Crippen molar-refractivity contribution in [3.63, 3.8) is 0 Å². The zero-order chi connectivity index (χ0) is 14.7. The second kappa shape index (κ2) is 6.19. The van der Waals surface area contributed by atoms with E-state index in [-0.39, 0.29) is 6.04 Å². The number of hydrogen-bond donors (Lipinski definition) is 1. The van der Waals surface area contributed by atoms with Gasteiger partial charge in [0.1, 0.15) is 11.5 Å². The van der Waals surface area contributed by atoms with Crippen LogP contribution in [-0.2, 0) is 0 Å². The zero-order valence-electron chi connectivity index (χ0n) is 12.1. The maximum atomic E-state index is 6.37. The highest BCUT2D eigenvalue weighted by Gasteiger charge is 2.20. The van der Waals surface area contributed by atoms with Crippen molar-refractivity contribution in [2.24, 2.45) is 5.73 Å². The topological polar surface area (TPSA) is 70.3 Å². The van der Waals surface area contributed by atoms with E-state index in [2.05, 4.69) is 23.4 Å². The molecule has 0 saturated carbocycles. The second-order valence-corrected chi connectivity index (χ2v) is 5.59. The Bertz CT molecular complexity index is 561. The van der Waals surface area contributed by atoms with Crippen LogP contribution in [0, 0.1) is 0 Å². The molecule has 1 aromatic heterocycles. The van der Waals surface area contributed by atoms with Crippen molar-refractivity contribution in [1.29, 1.82) is 0 Å². The van der Waals surface area contributed by atoms with Crippen LogP contribution in [0.1, 0.15) is 41.9 Å². The van der Waals surface area contributed by atoms with Gasteiger partial charge in [0.25, 0.3) is 0 Å². The van der Waals surface area contributed by atoms with E-state index in [1.165, 1.54) is 11.5 Å². The lowest BCUT2D eigenvalue weighted by Crippen LogP contribution is -2.13. The minimum Gasteiger partial charge on any atom is -0.497 e. The normalized spacial score (nSPS) is 12.5. The number of nitrogens with zero attached hydrogens (tertiary/aromatic N) is 2. The van der Waals surface area contributed by atoms with Gasteiger partial charge in [-0.25, -0.2) is 0 Å². The predicted octanol–water partition coefficient (Wildman–Crippen LogP) is 2.73. The van der Waals surface area contributed by atoms with Crippen LogP contribution in [0.15, 0.2) is 18.2 Å². The largest absolute Gasteiger partial charge is 0.497 e. The fourth-order valence-electron chi connectivity index (χ4n) is 1.98. The number of benzene rings is 1. The smallest absolute Gasteiger partial charge is 0.122 e. The molecule has 20 heavy (non-hydrogen) atoms. The lowest BCUT2D eigenvalue weighted by atomic mass is 10.0. The Hall–Kier alpha value is -1.66. The van der Waals surface area contributed by atoms with Gasteiger partial charge in [-0.2, -0.15) is 0 Å². The first kappa shape index (κ1) is 14.7. The third-order valence-electron chi connectivity index (χ3n) is 3.10. The maximum absolute atomic E-state index is 6.37. The first-order valence-electron chi connectivity index (χ1n) is 6.37. The lowest BCUT2D eigenvalue weighted by Gasteiger charge is -2.15. The molecule has 1 heterocycles. The average molecular weight is 293 g/mol. The molecule has 1 unspecified atom stereocenters. The molecular weight excluding hydrogens is 274 g/mol. The zero-order valence-corrected chi connectivity index (χ0v) is 12.9. The van der Waals surface area contributed by atoms with Crippen molar-refractivity contribution in [3.05, 3.63) is 34.3 Å². The van der Waals surface area contributed by atoms with Crippen molar-refractivity contribution in [2.45, 2.75) is 25.8 Å². The van der Waals surface area contributed by atoms with E-state index in [1.807, 2.05) is 18.2 Å². The molecule has 0 aliphatic carbocycles. The molecular formula is C14H19N3O2S. The lowest BCUT2D eigenvalue weighted by molar-refractivity contribution is 0.393. The van der Waals surface area contributed by atoms with Crippen LogP contribution in [0.3, 0.4) is 0 Å². The van der Waals surface area contributed by atoms with Crippen molar-refractivity contribution in [2.75, 3.05) is 14.2 Å². The predicted molar refractivity (Wildman–Crippen MR) is 79.6 cm³/mol. The summed E-state index contributed by atoms with van der Waals surface area (Å²) in [5, 5.41) is 4.17. The Morgan fingerprint density at radius 3 is 2.20 bits per heavy atom. The summed E-state index contributed by atoms with van der Waals surface area (Å²) in [6, 6.07) is 5.37. The highest BCUT2D eigenvalue weighted by atomic mass is 32.1. The van der Waals surface area contributed by atoms with Crippen LogP contribution >= 0.6 is 11.5 Å². The molecule has 0 saturated heterocycles. The number of rotatable bonds is 5. The number of nitrogens with two attached hydrogens (primary N) is 1. The van der Waals surface area contributed by atoms with Crippen molar-refractivity contribution < 1.29 is 9.47 Å². The summed E-state index contributed by atoms with van der Waals surface area (Å²) in [6.07, 6.45) is 0. The van der Waals surface area contributed by atoms with E-state index in [0.29, 0.717) is 5.92 Å². The van der Waals surface area contributed by atoms with Gasteiger partial charge in [-0.15, -0.1) is 5.10 Å². The molecule has 1 atom stereocenters. The highest BCUT2D eigenvalue weighted by Crippen LogP contribution is 2.32. The van der Waals surface area contributed by atoms with Crippen LogP contribution in [0.5, 0.6) is 11.5 Å². The minimum absolute atomic E-state index is 0.281. The number of hydrogen-bond acceptors (Lipinski definition) is 6. The SMILES string of the molecule is COc1cc(OC)cc(C(N)c2snnc2C(C)C)c1. The van der Waals surface area contributed by atoms with Gasteiger partial charge in [-0.05, 0) is 35.1 Å². The van der Waals surface area contributed by atoms with Crippen molar-refractivity contribution in [3.8, 4) is 11.5 Å². The van der Waals surface area contributed by atoms with Crippen LogP contribution in [0.4, 0.5) is 0 Å². The number of ether oxygens (including phenoxy) is 2. The summed E-state index contributed by atoms with van der Waals surface area (Å²) < 4.78 is 14.6. The monoisotopic (exact) mass is 293 g/mol. The number of aromatic nitrogens is 2. The molecule has 0 bridgehead atoms. The molecule has 5 nitrogen and oxygen atoms in total. The molecule has 0 amide bonds. The Kier molecular flexibility index (Phi) is 4.57. The Balaban J connectivity index is 2.42. The molecule has 0 fully saturated rings. The van der Waals surface area contributed by atoms with E-state index >= 15 is 0 Å². The molecule has 6 heteroatoms. The average Bonchev–Trinajstić information content (AvgIpc) is 2.95. The van der Waals surface area contributed by atoms with E-state index in [0.717, 1.165) is 27.6 Å². The van der Waals surface area contributed by atoms with Gasteiger partial charge in [-0.3, -0.25) is 0 Å². The summed E-state index contributed by atoms with van der Waals surface area (Å²) >= 11 is 1.34. The number of methoxy groups -OCH3 is 2. The van der Waals surface area contributed by atoms with Crippen LogP contribution in [-0.4, -0.2) is 23.8 Å². The molecule has 2 N–H and O–H groups in total. The van der Waals surface area contributed by atoms with Crippen LogP contribution in [0.25, 0.3) is 0 Å². The third kappa shape index (κ3) is 2.91. The molecule has 108 valence electrons. The van der Waals surface area contributed by atoms with Crippen molar-refractivity contribution >= 4 is 11.5 Å². The van der Waals surface area contributed by atoms with E-state index < -0.39 is 0 Å². The van der Waals surface area contributed by atoms with Gasteiger partial charge in [0.05, 0.1) is 30.8 Å². The minimum atomic E-state index is -0.281. The first-order chi connectivity index (χ1) is 9.56. The summed E-state index contributed by atoms with van der Waals surface area (Å²) in [4.78, 5) is 0.982. The quantitative estimate of drug-likeness (QED) is 0.918. The third-order valence-corrected chi connectivity index (χ3v) is 3.93. The fraction of sp³-hybridized carbons (Fsp3) is 0.429. The maximum Gasteiger partial charge on any atom is 0.122 e. The Labute approximate surface area is 122 Å². The summed E-state index contributed by atoms with van der Waals surface area (Å²) in [6.45, 7) is 4.16.